The van der Waals surface area contributed by atoms with Gasteiger partial charge in [-0.1, -0.05) is 18.2 Å². The number of rotatable bonds is 6. The molecule has 0 spiro atoms. The van der Waals surface area contributed by atoms with Crippen LogP contribution in [0.3, 0.4) is 0 Å². The standard InChI is InChI=1S/C16H17N3O3S/c1-11(17-12-6-5-7-13(10-12)23-2)16(20)18-14-8-3-4-9-15(14)19(21)22/h3-11,17H,1-2H3,(H,18,20)/t11-/m1/s1. The molecule has 0 aliphatic carbocycles. The molecule has 23 heavy (non-hydrogen) atoms. The molecule has 0 heterocycles. The molecule has 2 rings (SSSR count). The van der Waals surface area contributed by atoms with Crippen LogP contribution in [0.2, 0.25) is 0 Å². The minimum absolute atomic E-state index is 0.127. The largest absolute Gasteiger partial charge is 0.374 e. The van der Waals surface area contributed by atoms with Gasteiger partial charge in [-0.3, -0.25) is 14.9 Å². The maximum absolute atomic E-state index is 12.2. The molecule has 2 aromatic rings. The lowest BCUT2D eigenvalue weighted by molar-refractivity contribution is -0.383. The van der Waals surface area contributed by atoms with Crippen molar-refractivity contribution in [3.05, 3.63) is 58.6 Å². The first-order valence-corrected chi connectivity index (χ1v) is 8.18. The van der Waals surface area contributed by atoms with E-state index in [1.54, 1.807) is 30.8 Å². The molecule has 0 bridgehead atoms. The quantitative estimate of drug-likeness (QED) is 0.478. The second-order valence-electron chi connectivity index (χ2n) is 4.86. The lowest BCUT2D eigenvalue weighted by Gasteiger charge is -2.15. The van der Waals surface area contributed by atoms with Crippen molar-refractivity contribution in [2.75, 3.05) is 16.9 Å². The third-order valence-electron chi connectivity index (χ3n) is 3.20. The molecule has 0 unspecified atom stereocenters. The van der Waals surface area contributed by atoms with Gasteiger partial charge in [-0.2, -0.15) is 0 Å². The number of amides is 1. The number of carbonyl (C=O) groups is 1. The summed E-state index contributed by atoms with van der Waals surface area (Å²) in [5.74, 6) is -0.339. The number of thioether (sulfide) groups is 1. The molecular formula is C16H17N3O3S. The highest BCUT2D eigenvalue weighted by atomic mass is 32.2. The van der Waals surface area contributed by atoms with Gasteiger partial charge in [-0.15, -0.1) is 11.8 Å². The molecule has 120 valence electrons. The number of anilines is 2. The Morgan fingerprint density at radius 3 is 2.65 bits per heavy atom. The van der Waals surface area contributed by atoms with E-state index in [1.165, 1.54) is 12.1 Å². The summed E-state index contributed by atoms with van der Waals surface area (Å²) in [6.07, 6.45) is 1.98. The van der Waals surface area contributed by atoms with Gasteiger partial charge in [-0.25, -0.2) is 0 Å². The Labute approximate surface area is 138 Å². The van der Waals surface area contributed by atoms with Gasteiger partial charge < -0.3 is 10.6 Å². The molecule has 6 nitrogen and oxygen atoms in total. The Hall–Kier alpha value is -2.54. The molecule has 0 aromatic heterocycles. The Kier molecular flexibility index (Phi) is 5.59. The van der Waals surface area contributed by atoms with Crippen molar-refractivity contribution in [3.8, 4) is 0 Å². The number of nitro benzene ring substituents is 1. The van der Waals surface area contributed by atoms with Crippen molar-refractivity contribution in [1.29, 1.82) is 0 Å². The fraction of sp³-hybridized carbons (Fsp3) is 0.188. The Bertz CT molecular complexity index is 721. The van der Waals surface area contributed by atoms with Gasteiger partial charge in [0, 0.05) is 16.6 Å². The van der Waals surface area contributed by atoms with Gasteiger partial charge in [0.2, 0.25) is 5.91 Å². The van der Waals surface area contributed by atoms with Gasteiger partial charge in [0.1, 0.15) is 11.7 Å². The van der Waals surface area contributed by atoms with E-state index in [4.69, 9.17) is 0 Å². The highest BCUT2D eigenvalue weighted by molar-refractivity contribution is 7.98. The van der Waals surface area contributed by atoms with Crippen LogP contribution in [0.5, 0.6) is 0 Å². The van der Waals surface area contributed by atoms with E-state index >= 15 is 0 Å². The van der Waals surface area contributed by atoms with Crippen LogP contribution in [0.15, 0.2) is 53.4 Å². The van der Waals surface area contributed by atoms with E-state index in [0.29, 0.717) is 0 Å². The van der Waals surface area contributed by atoms with Crippen LogP contribution in [0.1, 0.15) is 6.92 Å². The zero-order valence-electron chi connectivity index (χ0n) is 12.8. The van der Waals surface area contributed by atoms with E-state index in [9.17, 15) is 14.9 Å². The predicted molar refractivity (Wildman–Crippen MR) is 93.0 cm³/mol. The summed E-state index contributed by atoms with van der Waals surface area (Å²) in [5, 5.41) is 16.7. The first-order valence-electron chi connectivity index (χ1n) is 6.96. The molecule has 2 N–H and O–H groups in total. The molecule has 1 amide bonds. The molecule has 0 aliphatic rings. The average molecular weight is 331 g/mol. The zero-order chi connectivity index (χ0) is 16.8. The van der Waals surface area contributed by atoms with Crippen molar-refractivity contribution < 1.29 is 9.72 Å². The summed E-state index contributed by atoms with van der Waals surface area (Å²) in [4.78, 5) is 23.8. The molecule has 0 saturated carbocycles. The number of nitrogens with zero attached hydrogens (tertiary/aromatic N) is 1. The smallest absolute Gasteiger partial charge is 0.292 e. The highest BCUT2D eigenvalue weighted by Gasteiger charge is 2.18. The van der Waals surface area contributed by atoms with Crippen LogP contribution in [-0.4, -0.2) is 23.1 Å². The van der Waals surface area contributed by atoms with Crippen LogP contribution in [0, 0.1) is 10.1 Å². The molecule has 2 aromatic carbocycles. The summed E-state index contributed by atoms with van der Waals surface area (Å²) in [7, 11) is 0. The summed E-state index contributed by atoms with van der Waals surface area (Å²) in [5.41, 5.74) is 0.883. The van der Waals surface area contributed by atoms with Gasteiger partial charge in [-0.05, 0) is 37.4 Å². The molecule has 0 fully saturated rings. The van der Waals surface area contributed by atoms with Gasteiger partial charge in [0.05, 0.1) is 4.92 Å². The van der Waals surface area contributed by atoms with Gasteiger partial charge in [0.15, 0.2) is 0 Å². The third-order valence-corrected chi connectivity index (χ3v) is 3.93. The number of hydrogen-bond donors (Lipinski definition) is 2. The fourth-order valence-corrected chi connectivity index (χ4v) is 2.47. The van der Waals surface area contributed by atoms with E-state index in [-0.39, 0.29) is 17.3 Å². The van der Waals surface area contributed by atoms with Crippen molar-refractivity contribution in [2.24, 2.45) is 0 Å². The normalized spacial score (nSPS) is 11.6. The number of para-hydroxylation sites is 2. The van der Waals surface area contributed by atoms with Crippen LogP contribution in [0.25, 0.3) is 0 Å². The molecule has 7 heteroatoms. The molecular weight excluding hydrogens is 314 g/mol. The number of benzene rings is 2. The van der Waals surface area contributed by atoms with E-state index in [1.807, 2.05) is 30.5 Å². The molecule has 1 atom stereocenters. The van der Waals surface area contributed by atoms with E-state index in [0.717, 1.165) is 10.6 Å². The lowest BCUT2D eigenvalue weighted by Crippen LogP contribution is -2.32. The Balaban J connectivity index is 2.07. The molecule has 0 aliphatic heterocycles. The lowest BCUT2D eigenvalue weighted by atomic mass is 10.2. The number of carbonyl (C=O) groups excluding carboxylic acids is 1. The molecule has 0 radical (unpaired) electrons. The van der Waals surface area contributed by atoms with Crippen LogP contribution in [-0.2, 0) is 4.79 Å². The van der Waals surface area contributed by atoms with Crippen LogP contribution >= 0.6 is 11.8 Å². The van der Waals surface area contributed by atoms with Gasteiger partial charge >= 0.3 is 0 Å². The minimum Gasteiger partial charge on any atom is -0.374 e. The van der Waals surface area contributed by atoms with Crippen LogP contribution < -0.4 is 10.6 Å². The topological polar surface area (TPSA) is 84.3 Å². The zero-order valence-corrected chi connectivity index (χ0v) is 13.6. The second-order valence-corrected chi connectivity index (χ2v) is 5.74. The van der Waals surface area contributed by atoms with E-state index < -0.39 is 11.0 Å². The first-order chi connectivity index (χ1) is 11.0. The number of hydrogen-bond acceptors (Lipinski definition) is 5. The second kappa shape index (κ2) is 7.64. The number of nitrogens with one attached hydrogen (secondary N) is 2. The SMILES string of the molecule is CSc1cccc(N[C@H](C)C(=O)Nc2ccccc2[N+](=O)[O-])c1. The van der Waals surface area contributed by atoms with Crippen molar-refractivity contribution in [3.63, 3.8) is 0 Å². The van der Waals surface area contributed by atoms with Crippen molar-refractivity contribution in [2.45, 2.75) is 17.9 Å². The summed E-state index contributed by atoms with van der Waals surface area (Å²) >= 11 is 1.61. The summed E-state index contributed by atoms with van der Waals surface area (Å²) < 4.78 is 0. The monoisotopic (exact) mass is 331 g/mol. The summed E-state index contributed by atoms with van der Waals surface area (Å²) in [6, 6.07) is 13.2. The van der Waals surface area contributed by atoms with Gasteiger partial charge in [0.25, 0.3) is 5.69 Å². The number of nitro groups is 1. The highest BCUT2D eigenvalue weighted by Crippen LogP contribution is 2.24. The Morgan fingerprint density at radius 1 is 1.22 bits per heavy atom. The first kappa shape index (κ1) is 16.8. The van der Waals surface area contributed by atoms with Crippen molar-refractivity contribution >= 4 is 34.7 Å². The predicted octanol–water partition coefficient (Wildman–Crippen LogP) is 3.76. The molecule has 0 saturated heterocycles. The van der Waals surface area contributed by atoms with Crippen LogP contribution in [0.4, 0.5) is 17.1 Å². The fourth-order valence-electron chi connectivity index (χ4n) is 2.01. The van der Waals surface area contributed by atoms with E-state index in [2.05, 4.69) is 10.6 Å². The maximum atomic E-state index is 12.2. The minimum atomic E-state index is -0.535. The summed E-state index contributed by atoms with van der Waals surface area (Å²) in [6.45, 7) is 1.70. The third kappa shape index (κ3) is 4.46. The Morgan fingerprint density at radius 2 is 1.96 bits per heavy atom. The van der Waals surface area contributed by atoms with Crippen molar-refractivity contribution in [1.82, 2.24) is 0 Å². The average Bonchev–Trinajstić information content (AvgIpc) is 2.55. The maximum Gasteiger partial charge on any atom is 0.292 e.